The van der Waals surface area contributed by atoms with Crippen LogP contribution in [0.1, 0.15) is 6.42 Å². The van der Waals surface area contributed by atoms with Crippen LogP contribution in [0.3, 0.4) is 0 Å². The molecule has 2 rings (SSSR count). The fourth-order valence-corrected chi connectivity index (χ4v) is 2.61. The lowest BCUT2D eigenvalue weighted by molar-refractivity contribution is -0.384. The second kappa shape index (κ2) is 6.15. The molecule has 1 aromatic rings. The number of ether oxygens (including phenoxy) is 1. The van der Waals surface area contributed by atoms with Gasteiger partial charge in [0.25, 0.3) is 5.69 Å². The zero-order valence-electron chi connectivity index (χ0n) is 11.2. The molecule has 1 fully saturated rings. The molecule has 3 N–H and O–H groups in total. The van der Waals surface area contributed by atoms with Crippen LogP contribution in [0, 0.1) is 10.1 Å². The van der Waals surface area contributed by atoms with Crippen LogP contribution in [-0.4, -0.2) is 38.7 Å². The summed E-state index contributed by atoms with van der Waals surface area (Å²) in [6, 6.07) is 2.97. The molecule has 0 unspecified atom stereocenters. The molecule has 1 saturated heterocycles. The largest absolute Gasteiger partial charge is 0.420 e. The molecular formula is C11H13N3O7S. The van der Waals surface area contributed by atoms with Crippen LogP contribution in [0.4, 0.5) is 16.2 Å². The second-order valence-electron chi connectivity index (χ2n) is 4.45. The van der Waals surface area contributed by atoms with Crippen LogP contribution in [-0.2, 0) is 19.0 Å². The van der Waals surface area contributed by atoms with Gasteiger partial charge < -0.3 is 20.0 Å². The Morgan fingerprint density at radius 2 is 2.23 bits per heavy atom. The van der Waals surface area contributed by atoms with Gasteiger partial charge in [-0.1, -0.05) is 0 Å². The maximum Gasteiger partial charge on any atom is 0.420 e. The predicted octanol–water partition coefficient (Wildman–Crippen LogP) is 0.580. The number of amides is 1. The fraction of sp³-hybridized carbons (Fsp3) is 0.364. The minimum absolute atomic E-state index is 0.0188. The van der Waals surface area contributed by atoms with E-state index < -0.39 is 26.0 Å². The summed E-state index contributed by atoms with van der Waals surface area (Å²) in [4.78, 5) is 20.5. The van der Waals surface area contributed by atoms with E-state index in [4.69, 9.17) is 4.74 Å². The Balaban J connectivity index is 2.29. The molecule has 0 aromatic heterocycles. The third-order valence-electron chi connectivity index (χ3n) is 2.96. The van der Waals surface area contributed by atoms with Gasteiger partial charge in [-0.25, -0.2) is 4.79 Å². The number of carbonyl (C=O) groups excluding carboxylic acids is 1. The summed E-state index contributed by atoms with van der Waals surface area (Å²) >= 11 is 0. The van der Waals surface area contributed by atoms with Crippen LogP contribution < -0.4 is 11.1 Å². The quantitative estimate of drug-likeness (QED) is 0.436. The van der Waals surface area contributed by atoms with Crippen molar-refractivity contribution in [1.82, 2.24) is 0 Å². The summed E-state index contributed by atoms with van der Waals surface area (Å²) < 4.78 is 32.7. The van der Waals surface area contributed by atoms with E-state index in [1.807, 2.05) is 0 Å². The predicted molar refractivity (Wildman–Crippen MR) is 73.8 cm³/mol. The molecule has 1 aliphatic rings. The van der Waals surface area contributed by atoms with Gasteiger partial charge in [-0.3, -0.25) is 10.1 Å². The fourth-order valence-electron chi connectivity index (χ4n) is 1.80. The van der Waals surface area contributed by atoms with Gasteiger partial charge in [0.1, 0.15) is 10.6 Å². The van der Waals surface area contributed by atoms with Crippen molar-refractivity contribution in [1.29, 1.82) is 0 Å². The molecular weight excluding hydrogens is 318 g/mol. The number of hydrogen-bond acceptors (Lipinski definition) is 8. The van der Waals surface area contributed by atoms with E-state index in [-0.39, 0.29) is 17.5 Å². The molecule has 0 saturated carbocycles. The maximum atomic E-state index is 11.7. The van der Waals surface area contributed by atoms with Crippen LogP contribution in [0.15, 0.2) is 23.1 Å². The summed E-state index contributed by atoms with van der Waals surface area (Å²) in [5.41, 5.74) is 4.35. The Labute approximate surface area is 125 Å². The minimum Gasteiger partial charge on any atom is -0.377 e. The standard InChI is InChI=1S/C11H13N3O7S/c12-11(15)21-22(18,19)8-1-2-10(14(16)17)9(5-8)13-6-7-3-4-20-7/h1-2,5,7,13H,3-4,6H2,(H2,12,15)/t7-/m0/s1. The van der Waals surface area contributed by atoms with Gasteiger partial charge in [0.05, 0.1) is 11.0 Å². The number of benzene rings is 1. The number of nitrogens with zero attached hydrogens (tertiary/aromatic N) is 1. The molecule has 120 valence electrons. The lowest BCUT2D eigenvalue weighted by Gasteiger charge is -2.26. The summed E-state index contributed by atoms with van der Waals surface area (Å²) in [6.45, 7) is 0.913. The molecule has 1 aliphatic heterocycles. The number of carbonyl (C=O) groups is 1. The van der Waals surface area contributed by atoms with Crippen LogP contribution >= 0.6 is 0 Å². The molecule has 0 radical (unpaired) electrons. The van der Waals surface area contributed by atoms with Crippen molar-refractivity contribution >= 4 is 27.6 Å². The van der Waals surface area contributed by atoms with E-state index in [1.165, 1.54) is 0 Å². The van der Waals surface area contributed by atoms with Crippen molar-refractivity contribution in [3.05, 3.63) is 28.3 Å². The Hall–Kier alpha value is -2.40. The minimum atomic E-state index is -4.42. The Morgan fingerprint density at radius 3 is 2.73 bits per heavy atom. The average molecular weight is 331 g/mol. The van der Waals surface area contributed by atoms with Gasteiger partial charge in [0, 0.05) is 19.2 Å². The third kappa shape index (κ3) is 3.62. The van der Waals surface area contributed by atoms with Crippen molar-refractivity contribution in [3.63, 3.8) is 0 Å². The maximum absolute atomic E-state index is 11.7. The number of nitrogens with two attached hydrogens (primary N) is 1. The Kier molecular flexibility index (Phi) is 4.47. The third-order valence-corrected chi connectivity index (χ3v) is 4.17. The number of primary amides is 1. The van der Waals surface area contributed by atoms with E-state index in [9.17, 15) is 23.3 Å². The van der Waals surface area contributed by atoms with Crippen molar-refractivity contribution < 1.29 is 27.1 Å². The SMILES string of the molecule is NC(=O)OS(=O)(=O)c1ccc([N+](=O)[O-])c(NC[C@@H]2CCO2)c1. The smallest absolute Gasteiger partial charge is 0.377 e. The summed E-state index contributed by atoms with van der Waals surface area (Å²) in [5.74, 6) is 0. The van der Waals surface area contributed by atoms with Crippen molar-refractivity contribution in [3.8, 4) is 0 Å². The number of nitro benzene ring substituents is 1. The first-order valence-electron chi connectivity index (χ1n) is 6.17. The molecule has 0 spiro atoms. The number of nitro groups is 1. The summed E-state index contributed by atoms with van der Waals surface area (Å²) in [6.07, 6.45) is -0.763. The van der Waals surface area contributed by atoms with Crippen molar-refractivity contribution in [2.45, 2.75) is 17.4 Å². The first-order chi connectivity index (χ1) is 10.3. The molecule has 1 atom stereocenters. The molecule has 0 aliphatic carbocycles. The molecule has 1 aromatic carbocycles. The van der Waals surface area contributed by atoms with Gasteiger partial charge in [-0.05, 0) is 18.6 Å². The zero-order valence-corrected chi connectivity index (χ0v) is 12.0. The highest BCUT2D eigenvalue weighted by Crippen LogP contribution is 2.28. The van der Waals surface area contributed by atoms with E-state index >= 15 is 0 Å². The average Bonchev–Trinajstić information content (AvgIpc) is 2.35. The molecule has 11 heteroatoms. The topological polar surface area (TPSA) is 151 Å². The first kappa shape index (κ1) is 16.0. The van der Waals surface area contributed by atoms with Crippen molar-refractivity contribution in [2.24, 2.45) is 5.73 Å². The monoisotopic (exact) mass is 331 g/mol. The number of hydrogen-bond donors (Lipinski definition) is 2. The summed E-state index contributed by atoms with van der Waals surface area (Å²) in [7, 11) is -4.42. The van der Waals surface area contributed by atoms with Gasteiger partial charge >= 0.3 is 16.2 Å². The highest BCUT2D eigenvalue weighted by Gasteiger charge is 2.24. The molecule has 1 heterocycles. The van der Waals surface area contributed by atoms with Gasteiger partial charge in [0.2, 0.25) is 0 Å². The van der Waals surface area contributed by atoms with Crippen LogP contribution in [0.5, 0.6) is 0 Å². The number of rotatable bonds is 6. The van der Waals surface area contributed by atoms with E-state index in [0.717, 1.165) is 24.6 Å². The molecule has 0 bridgehead atoms. The van der Waals surface area contributed by atoms with E-state index in [0.29, 0.717) is 13.2 Å². The van der Waals surface area contributed by atoms with Crippen molar-refractivity contribution in [2.75, 3.05) is 18.5 Å². The highest BCUT2D eigenvalue weighted by atomic mass is 32.2. The van der Waals surface area contributed by atoms with Crippen LogP contribution in [0.25, 0.3) is 0 Å². The Morgan fingerprint density at radius 1 is 1.55 bits per heavy atom. The van der Waals surface area contributed by atoms with E-state index in [2.05, 4.69) is 15.2 Å². The Bertz CT molecular complexity index is 700. The molecule has 1 amide bonds. The molecule has 10 nitrogen and oxygen atoms in total. The lowest BCUT2D eigenvalue weighted by atomic mass is 10.2. The van der Waals surface area contributed by atoms with Gasteiger partial charge in [0.15, 0.2) is 0 Å². The second-order valence-corrected chi connectivity index (χ2v) is 6.00. The van der Waals surface area contributed by atoms with Gasteiger partial charge in [-0.15, -0.1) is 0 Å². The number of nitrogens with one attached hydrogen (secondary N) is 1. The van der Waals surface area contributed by atoms with E-state index in [1.54, 1.807) is 0 Å². The summed E-state index contributed by atoms with van der Waals surface area (Å²) in [5, 5.41) is 13.7. The highest BCUT2D eigenvalue weighted by molar-refractivity contribution is 7.87. The lowest BCUT2D eigenvalue weighted by Crippen LogP contribution is -2.33. The normalized spacial score (nSPS) is 17.4. The van der Waals surface area contributed by atoms with Gasteiger partial charge in [-0.2, -0.15) is 8.42 Å². The zero-order chi connectivity index (χ0) is 16.3. The molecule has 22 heavy (non-hydrogen) atoms. The first-order valence-corrected chi connectivity index (χ1v) is 7.58. The number of anilines is 1. The van der Waals surface area contributed by atoms with Crippen LogP contribution in [0.2, 0.25) is 0 Å².